The molecule has 1 amide bonds. The first-order chi connectivity index (χ1) is 8.62. The predicted molar refractivity (Wildman–Crippen MR) is 77.3 cm³/mol. The third-order valence-electron chi connectivity index (χ3n) is 4.51. The molecule has 0 aromatic carbocycles. The minimum atomic E-state index is -0.386. The molecule has 3 N–H and O–H groups in total. The Bertz CT molecular complexity index is 318. The second kappa shape index (κ2) is 6.00. The van der Waals surface area contributed by atoms with E-state index < -0.39 is 0 Å². The highest BCUT2D eigenvalue weighted by molar-refractivity contribution is 7.80. The molecule has 2 rings (SSSR count). The Kier molecular flexibility index (Phi) is 4.60. The topological polar surface area (TPSA) is 55.1 Å². The summed E-state index contributed by atoms with van der Waals surface area (Å²) in [5.74, 6) is 0.730. The molecule has 0 atom stereocenters. The lowest BCUT2D eigenvalue weighted by Gasteiger charge is -2.37. The molecule has 2 aliphatic carbocycles. The number of hydrogen-bond donors (Lipinski definition) is 2. The molecule has 0 aromatic heterocycles. The molecule has 2 fully saturated rings. The molecule has 102 valence electrons. The van der Waals surface area contributed by atoms with Gasteiger partial charge in [0.2, 0.25) is 5.91 Å². The third kappa shape index (κ3) is 3.22. The van der Waals surface area contributed by atoms with Crippen LogP contribution in [-0.2, 0) is 4.79 Å². The van der Waals surface area contributed by atoms with Crippen molar-refractivity contribution in [3.63, 3.8) is 0 Å². The monoisotopic (exact) mass is 268 g/mol. The SMILES string of the molecule is NC(=S)C1(NC(=O)CC2CCCC2)CCCCC1. The average Bonchev–Trinajstić information content (AvgIpc) is 2.82. The lowest BCUT2D eigenvalue weighted by Crippen LogP contribution is -2.57. The van der Waals surface area contributed by atoms with Crippen molar-refractivity contribution < 1.29 is 4.79 Å². The fraction of sp³-hybridized carbons (Fsp3) is 0.857. The van der Waals surface area contributed by atoms with Gasteiger partial charge >= 0.3 is 0 Å². The van der Waals surface area contributed by atoms with Gasteiger partial charge < -0.3 is 11.1 Å². The van der Waals surface area contributed by atoms with Crippen LogP contribution in [0.2, 0.25) is 0 Å². The number of carbonyl (C=O) groups is 1. The van der Waals surface area contributed by atoms with Crippen LogP contribution in [0.4, 0.5) is 0 Å². The number of rotatable bonds is 4. The van der Waals surface area contributed by atoms with Crippen molar-refractivity contribution in [2.75, 3.05) is 0 Å². The van der Waals surface area contributed by atoms with E-state index in [4.69, 9.17) is 18.0 Å². The summed E-state index contributed by atoms with van der Waals surface area (Å²) in [7, 11) is 0. The smallest absolute Gasteiger partial charge is 0.221 e. The largest absolute Gasteiger partial charge is 0.391 e. The summed E-state index contributed by atoms with van der Waals surface area (Å²) < 4.78 is 0. The van der Waals surface area contributed by atoms with E-state index in [1.165, 1.54) is 32.1 Å². The van der Waals surface area contributed by atoms with Crippen molar-refractivity contribution in [1.82, 2.24) is 5.32 Å². The number of hydrogen-bond acceptors (Lipinski definition) is 2. The number of nitrogens with one attached hydrogen (secondary N) is 1. The van der Waals surface area contributed by atoms with Crippen LogP contribution in [0.15, 0.2) is 0 Å². The van der Waals surface area contributed by atoms with E-state index in [9.17, 15) is 4.79 Å². The molecule has 4 heteroatoms. The fourth-order valence-electron chi connectivity index (χ4n) is 3.38. The Morgan fingerprint density at radius 2 is 1.78 bits per heavy atom. The van der Waals surface area contributed by atoms with Crippen LogP contribution < -0.4 is 11.1 Å². The summed E-state index contributed by atoms with van der Waals surface area (Å²) >= 11 is 5.19. The van der Waals surface area contributed by atoms with Gasteiger partial charge in [0.25, 0.3) is 0 Å². The van der Waals surface area contributed by atoms with Crippen LogP contribution in [0, 0.1) is 5.92 Å². The van der Waals surface area contributed by atoms with Crippen LogP contribution in [0.1, 0.15) is 64.2 Å². The van der Waals surface area contributed by atoms with Crippen LogP contribution in [-0.4, -0.2) is 16.4 Å². The van der Waals surface area contributed by atoms with E-state index >= 15 is 0 Å². The van der Waals surface area contributed by atoms with Crippen molar-refractivity contribution in [1.29, 1.82) is 0 Å². The van der Waals surface area contributed by atoms with Gasteiger partial charge in [0.1, 0.15) is 0 Å². The Morgan fingerprint density at radius 3 is 2.33 bits per heavy atom. The summed E-state index contributed by atoms with van der Waals surface area (Å²) in [5, 5.41) is 3.15. The van der Waals surface area contributed by atoms with Crippen LogP contribution >= 0.6 is 12.2 Å². The van der Waals surface area contributed by atoms with Crippen molar-refractivity contribution in [3.05, 3.63) is 0 Å². The quantitative estimate of drug-likeness (QED) is 0.771. The lowest BCUT2D eigenvalue weighted by molar-refractivity contribution is -0.123. The molecule has 0 aromatic rings. The van der Waals surface area contributed by atoms with E-state index in [2.05, 4.69) is 5.32 Å². The number of thiocarbonyl (C=S) groups is 1. The van der Waals surface area contributed by atoms with Crippen LogP contribution in [0.3, 0.4) is 0 Å². The summed E-state index contributed by atoms with van der Waals surface area (Å²) in [5.41, 5.74) is 5.49. The molecule has 3 nitrogen and oxygen atoms in total. The van der Waals surface area contributed by atoms with Gasteiger partial charge in [0.05, 0.1) is 10.5 Å². The molecule has 18 heavy (non-hydrogen) atoms. The van der Waals surface area contributed by atoms with Gasteiger partial charge in [-0.15, -0.1) is 0 Å². The maximum Gasteiger partial charge on any atom is 0.221 e. The Labute approximate surface area is 115 Å². The number of carbonyl (C=O) groups excluding carboxylic acids is 1. The lowest BCUT2D eigenvalue weighted by atomic mass is 9.81. The second-order valence-electron chi connectivity index (χ2n) is 5.91. The van der Waals surface area contributed by atoms with E-state index in [1.807, 2.05) is 0 Å². The molecule has 0 saturated heterocycles. The van der Waals surface area contributed by atoms with E-state index in [1.54, 1.807) is 0 Å². The highest BCUT2D eigenvalue weighted by atomic mass is 32.1. The average molecular weight is 268 g/mol. The minimum Gasteiger partial charge on any atom is -0.391 e. The molecule has 2 aliphatic rings. The van der Waals surface area contributed by atoms with E-state index in [-0.39, 0.29) is 11.4 Å². The van der Waals surface area contributed by atoms with Crippen molar-refractivity contribution in [3.8, 4) is 0 Å². The summed E-state index contributed by atoms with van der Waals surface area (Å²) in [6, 6.07) is 0. The Morgan fingerprint density at radius 1 is 1.17 bits per heavy atom. The normalized spacial score (nSPS) is 23.8. The first kappa shape index (κ1) is 13.8. The van der Waals surface area contributed by atoms with Crippen molar-refractivity contribution in [2.24, 2.45) is 11.7 Å². The first-order valence-electron chi connectivity index (χ1n) is 7.23. The number of nitrogens with two attached hydrogens (primary N) is 1. The molecule has 0 radical (unpaired) electrons. The fourth-order valence-corrected chi connectivity index (χ4v) is 3.64. The molecular weight excluding hydrogens is 244 g/mol. The van der Waals surface area contributed by atoms with Crippen molar-refractivity contribution >= 4 is 23.1 Å². The van der Waals surface area contributed by atoms with Crippen molar-refractivity contribution in [2.45, 2.75) is 69.7 Å². The van der Waals surface area contributed by atoms with Crippen LogP contribution in [0.5, 0.6) is 0 Å². The highest BCUT2D eigenvalue weighted by Gasteiger charge is 2.36. The maximum atomic E-state index is 12.2. The van der Waals surface area contributed by atoms with Gasteiger partial charge in [0.15, 0.2) is 0 Å². The Balaban J connectivity index is 1.91. The molecular formula is C14H24N2OS. The zero-order chi connectivity index (χ0) is 13.0. The van der Waals surface area contributed by atoms with Gasteiger partial charge in [-0.25, -0.2) is 0 Å². The third-order valence-corrected chi connectivity index (χ3v) is 4.90. The molecule has 0 heterocycles. The highest BCUT2D eigenvalue weighted by Crippen LogP contribution is 2.31. The molecule has 0 aliphatic heterocycles. The summed E-state index contributed by atoms with van der Waals surface area (Å²) in [6.45, 7) is 0. The molecule has 0 unspecified atom stereocenters. The van der Waals surface area contributed by atoms with Gasteiger partial charge in [-0.2, -0.15) is 0 Å². The van der Waals surface area contributed by atoms with E-state index in [0.717, 1.165) is 25.7 Å². The van der Waals surface area contributed by atoms with Crippen LogP contribution in [0.25, 0.3) is 0 Å². The summed E-state index contributed by atoms with van der Waals surface area (Å²) in [4.78, 5) is 12.6. The van der Waals surface area contributed by atoms with Gasteiger partial charge in [0, 0.05) is 6.42 Å². The van der Waals surface area contributed by atoms with Gasteiger partial charge in [-0.3, -0.25) is 4.79 Å². The van der Waals surface area contributed by atoms with Gasteiger partial charge in [-0.05, 0) is 31.6 Å². The minimum absolute atomic E-state index is 0.150. The van der Waals surface area contributed by atoms with E-state index in [0.29, 0.717) is 17.3 Å². The zero-order valence-electron chi connectivity index (χ0n) is 11.0. The molecule has 2 saturated carbocycles. The molecule has 0 spiro atoms. The first-order valence-corrected chi connectivity index (χ1v) is 7.64. The second-order valence-corrected chi connectivity index (χ2v) is 6.35. The number of amides is 1. The Hall–Kier alpha value is -0.640. The summed E-state index contributed by atoms with van der Waals surface area (Å²) in [6.07, 6.45) is 10.9. The van der Waals surface area contributed by atoms with Gasteiger partial charge in [-0.1, -0.05) is 44.3 Å². The predicted octanol–water partition coefficient (Wildman–Crippen LogP) is 2.67. The maximum absolute atomic E-state index is 12.2. The zero-order valence-corrected chi connectivity index (χ0v) is 11.9. The molecule has 0 bridgehead atoms. The standard InChI is InChI=1S/C14H24N2OS/c15-13(18)14(8-4-1-5-9-14)16-12(17)10-11-6-2-3-7-11/h11H,1-10H2,(H2,15,18)(H,16,17).